The van der Waals surface area contributed by atoms with E-state index in [1.165, 1.54) is 0 Å². The molecular weight excluding hydrogens is 334 g/mol. The van der Waals surface area contributed by atoms with Gasteiger partial charge in [-0.15, -0.1) is 5.10 Å². The van der Waals surface area contributed by atoms with Gasteiger partial charge < -0.3 is 10.2 Å². The number of nitrogens with one attached hydrogen (secondary N) is 1. The third-order valence-corrected chi connectivity index (χ3v) is 4.59. The monoisotopic (exact) mass is 357 g/mol. The molecule has 0 bridgehead atoms. The number of carbonyl (C=O) groups is 2. The Morgan fingerprint density at radius 2 is 1.92 bits per heavy atom. The Labute approximate surface area is 151 Å². The van der Waals surface area contributed by atoms with Gasteiger partial charge in [0, 0.05) is 25.0 Å². The lowest BCUT2D eigenvalue weighted by Gasteiger charge is -2.33. The largest absolute Gasteiger partial charge is 0.352 e. The summed E-state index contributed by atoms with van der Waals surface area (Å²) in [5.41, 5.74) is 0.180. The van der Waals surface area contributed by atoms with Crippen molar-refractivity contribution >= 4 is 22.7 Å². The van der Waals surface area contributed by atoms with E-state index in [4.69, 9.17) is 0 Å². The van der Waals surface area contributed by atoms with E-state index in [0.29, 0.717) is 36.8 Å². The summed E-state index contributed by atoms with van der Waals surface area (Å²) in [4.78, 5) is 38.5. The number of carbonyl (C=O) groups excluding carboxylic acids is 2. The quantitative estimate of drug-likeness (QED) is 0.862. The SMILES string of the molecule is CC(C)C(=O)N1CCC(NC(=O)Cn2nnc3ccccc3c2=O)CC1. The summed E-state index contributed by atoms with van der Waals surface area (Å²) in [6.07, 6.45) is 1.42. The molecule has 0 radical (unpaired) electrons. The molecule has 3 rings (SSSR count). The van der Waals surface area contributed by atoms with E-state index in [9.17, 15) is 14.4 Å². The lowest BCUT2D eigenvalue weighted by Crippen LogP contribution is -2.48. The zero-order valence-electron chi connectivity index (χ0n) is 15.0. The molecule has 1 saturated heterocycles. The maximum Gasteiger partial charge on any atom is 0.278 e. The van der Waals surface area contributed by atoms with Gasteiger partial charge in [0.2, 0.25) is 11.8 Å². The summed E-state index contributed by atoms with van der Waals surface area (Å²) in [5.74, 6) is -0.141. The second kappa shape index (κ2) is 7.63. The maximum atomic E-state index is 12.4. The Morgan fingerprint density at radius 3 is 2.62 bits per heavy atom. The van der Waals surface area contributed by atoms with Gasteiger partial charge in [0.25, 0.3) is 5.56 Å². The first-order valence-corrected chi connectivity index (χ1v) is 8.86. The lowest BCUT2D eigenvalue weighted by molar-refractivity contribution is -0.135. The number of piperidine rings is 1. The van der Waals surface area contributed by atoms with E-state index in [1.54, 1.807) is 24.3 Å². The van der Waals surface area contributed by atoms with Gasteiger partial charge in [-0.2, -0.15) is 0 Å². The van der Waals surface area contributed by atoms with Crippen LogP contribution in [0.15, 0.2) is 29.1 Å². The van der Waals surface area contributed by atoms with E-state index in [-0.39, 0.29) is 35.9 Å². The molecule has 1 aromatic heterocycles. The van der Waals surface area contributed by atoms with E-state index in [1.807, 2.05) is 18.7 Å². The van der Waals surface area contributed by atoms with Crippen LogP contribution in [0, 0.1) is 5.92 Å². The second-order valence-corrected chi connectivity index (χ2v) is 6.89. The fourth-order valence-electron chi connectivity index (χ4n) is 3.15. The van der Waals surface area contributed by atoms with E-state index in [2.05, 4.69) is 15.6 Å². The highest BCUT2D eigenvalue weighted by molar-refractivity contribution is 5.79. The Kier molecular flexibility index (Phi) is 5.29. The van der Waals surface area contributed by atoms with Crippen LogP contribution in [0.5, 0.6) is 0 Å². The molecule has 0 atom stereocenters. The van der Waals surface area contributed by atoms with Crippen molar-refractivity contribution in [3.05, 3.63) is 34.6 Å². The van der Waals surface area contributed by atoms with Gasteiger partial charge in [0.15, 0.2) is 0 Å². The number of hydrogen-bond donors (Lipinski definition) is 1. The molecule has 8 heteroatoms. The molecule has 1 fully saturated rings. The normalized spacial score (nSPS) is 15.4. The van der Waals surface area contributed by atoms with Gasteiger partial charge in [-0.1, -0.05) is 31.2 Å². The summed E-state index contributed by atoms with van der Waals surface area (Å²) in [6.45, 7) is 4.88. The predicted molar refractivity (Wildman–Crippen MR) is 96.4 cm³/mol. The first-order chi connectivity index (χ1) is 12.5. The van der Waals surface area contributed by atoms with Crippen molar-refractivity contribution in [1.82, 2.24) is 25.2 Å². The number of fused-ring (bicyclic) bond motifs is 1. The third kappa shape index (κ3) is 3.89. The zero-order valence-corrected chi connectivity index (χ0v) is 15.0. The van der Waals surface area contributed by atoms with Crippen molar-refractivity contribution in [1.29, 1.82) is 0 Å². The number of nitrogens with zero attached hydrogens (tertiary/aromatic N) is 4. The van der Waals surface area contributed by atoms with E-state index < -0.39 is 0 Å². The molecule has 0 aliphatic carbocycles. The van der Waals surface area contributed by atoms with Gasteiger partial charge >= 0.3 is 0 Å². The molecule has 0 unspecified atom stereocenters. The molecule has 1 aliphatic rings. The molecule has 2 aromatic rings. The lowest BCUT2D eigenvalue weighted by atomic mass is 10.0. The smallest absolute Gasteiger partial charge is 0.278 e. The second-order valence-electron chi connectivity index (χ2n) is 6.89. The first kappa shape index (κ1) is 18.0. The van der Waals surface area contributed by atoms with Crippen LogP contribution in [0.2, 0.25) is 0 Å². The molecule has 8 nitrogen and oxygen atoms in total. The van der Waals surface area contributed by atoms with Gasteiger partial charge in [0.1, 0.15) is 12.1 Å². The van der Waals surface area contributed by atoms with Crippen molar-refractivity contribution in [3.8, 4) is 0 Å². The third-order valence-electron chi connectivity index (χ3n) is 4.59. The van der Waals surface area contributed by atoms with Gasteiger partial charge in [-0.3, -0.25) is 14.4 Å². The van der Waals surface area contributed by atoms with Crippen LogP contribution in [0.3, 0.4) is 0 Å². The minimum absolute atomic E-state index is 0.00262. The zero-order chi connectivity index (χ0) is 18.7. The molecule has 2 heterocycles. The molecule has 0 saturated carbocycles. The Balaban J connectivity index is 1.58. The number of amides is 2. The highest BCUT2D eigenvalue weighted by Gasteiger charge is 2.25. The average Bonchev–Trinajstić information content (AvgIpc) is 2.64. The molecule has 0 spiro atoms. The summed E-state index contributed by atoms with van der Waals surface area (Å²) >= 11 is 0. The number of aromatic nitrogens is 3. The van der Waals surface area contributed by atoms with Crippen LogP contribution < -0.4 is 10.9 Å². The molecule has 26 heavy (non-hydrogen) atoms. The minimum Gasteiger partial charge on any atom is -0.352 e. The Morgan fingerprint density at radius 1 is 1.23 bits per heavy atom. The van der Waals surface area contributed by atoms with Crippen LogP contribution in [0.4, 0.5) is 0 Å². The average molecular weight is 357 g/mol. The van der Waals surface area contributed by atoms with Gasteiger partial charge in [-0.25, -0.2) is 4.68 Å². The van der Waals surface area contributed by atoms with Crippen molar-refractivity contribution in [2.24, 2.45) is 5.92 Å². The van der Waals surface area contributed by atoms with Gasteiger partial charge in [-0.05, 0) is 25.0 Å². The predicted octanol–water partition coefficient (Wildman–Crippen LogP) is 0.555. The van der Waals surface area contributed by atoms with Crippen molar-refractivity contribution in [3.63, 3.8) is 0 Å². The number of rotatable bonds is 4. The molecule has 1 aromatic carbocycles. The number of hydrogen-bond acceptors (Lipinski definition) is 5. The van der Waals surface area contributed by atoms with Crippen LogP contribution in [0.1, 0.15) is 26.7 Å². The van der Waals surface area contributed by atoms with Crippen LogP contribution >= 0.6 is 0 Å². The van der Waals surface area contributed by atoms with Crippen LogP contribution in [0.25, 0.3) is 10.9 Å². The highest BCUT2D eigenvalue weighted by Crippen LogP contribution is 2.13. The summed E-state index contributed by atoms with van der Waals surface area (Å²) < 4.78 is 1.08. The fraction of sp³-hybridized carbons (Fsp3) is 0.500. The van der Waals surface area contributed by atoms with Crippen molar-refractivity contribution < 1.29 is 9.59 Å². The maximum absolute atomic E-state index is 12.4. The fourth-order valence-corrected chi connectivity index (χ4v) is 3.15. The van der Waals surface area contributed by atoms with Crippen molar-refractivity contribution in [2.75, 3.05) is 13.1 Å². The molecule has 2 amide bonds. The van der Waals surface area contributed by atoms with E-state index >= 15 is 0 Å². The Bertz CT molecular complexity index is 869. The van der Waals surface area contributed by atoms with E-state index in [0.717, 1.165) is 4.68 Å². The summed E-state index contributed by atoms with van der Waals surface area (Å²) in [5, 5.41) is 11.2. The van der Waals surface area contributed by atoms with Crippen LogP contribution in [-0.2, 0) is 16.1 Å². The molecular formula is C18H23N5O3. The summed E-state index contributed by atoms with van der Waals surface area (Å²) in [6, 6.07) is 6.91. The first-order valence-electron chi connectivity index (χ1n) is 8.86. The topological polar surface area (TPSA) is 97.2 Å². The number of likely N-dealkylation sites (tertiary alicyclic amines) is 1. The molecule has 1 N–H and O–H groups in total. The van der Waals surface area contributed by atoms with Crippen LogP contribution in [-0.4, -0.2) is 50.8 Å². The molecule has 138 valence electrons. The standard InChI is InChI=1S/C18H23N5O3/c1-12(2)17(25)22-9-7-13(8-10-22)19-16(24)11-23-18(26)14-5-3-4-6-15(14)20-21-23/h3-6,12-13H,7-11H2,1-2H3,(H,19,24). The van der Waals surface area contributed by atoms with Crippen molar-refractivity contribution in [2.45, 2.75) is 39.3 Å². The molecule has 1 aliphatic heterocycles. The highest BCUT2D eigenvalue weighted by atomic mass is 16.2. The Hall–Kier alpha value is -2.77. The van der Waals surface area contributed by atoms with Gasteiger partial charge in [0.05, 0.1) is 5.39 Å². The number of benzene rings is 1. The minimum atomic E-state index is -0.330. The summed E-state index contributed by atoms with van der Waals surface area (Å²) in [7, 11) is 0.